The Hall–Kier alpha value is -3.86. The van der Waals surface area contributed by atoms with E-state index in [1.54, 1.807) is 6.07 Å². The van der Waals surface area contributed by atoms with Crippen molar-refractivity contribution in [2.45, 2.75) is 50.6 Å². The molecule has 3 N–H and O–H groups in total. The van der Waals surface area contributed by atoms with Crippen LogP contribution in [0.5, 0.6) is 11.6 Å². The van der Waals surface area contributed by atoms with Gasteiger partial charge in [-0.05, 0) is 43.9 Å². The summed E-state index contributed by atoms with van der Waals surface area (Å²) in [6, 6.07) is 14.0. The fourth-order valence-electron chi connectivity index (χ4n) is 4.29. The molecule has 1 heterocycles. The van der Waals surface area contributed by atoms with Gasteiger partial charge in [-0.15, -0.1) is 10.2 Å². The number of anilines is 1. The molecule has 1 aromatic heterocycles. The SMILES string of the molecule is COc1c(CO)cc(C(F)(F)F)cc1NC(=O)NC1CCC(Oc2ccc(-c3ccccc3)nn2)CC1. The lowest BCUT2D eigenvalue weighted by Gasteiger charge is -2.29. The number of aliphatic hydroxyl groups is 1. The summed E-state index contributed by atoms with van der Waals surface area (Å²) in [6.07, 6.45) is -2.17. The molecule has 0 saturated heterocycles. The summed E-state index contributed by atoms with van der Waals surface area (Å²) in [6.45, 7) is -0.674. The van der Waals surface area contributed by atoms with Gasteiger partial charge >= 0.3 is 12.2 Å². The largest absolute Gasteiger partial charge is 0.494 e. The lowest BCUT2D eigenvalue weighted by atomic mass is 9.93. The summed E-state index contributed by atoms with van der Waals surface area (Å²) in [5, 5.41) is 23.1. The lowest BCUT2D eigenvalue weighted by molar-refractivity contribution is -0.137. The number of nitrogens with zero attached hydrogens (tertiary/aromatic N) is 2. The van der Waals surface area contributed by atoms with E-state index in [9.17, 15) is 23.1 Å². The molecule has 2 aromatic carbocycles. The van der Waals surface area contributed by atoms with E-state index in [-0.39, 0.29) is 29.1 Å². The Bertz CT molecular complexity index is 1200. The molecule has 1 fully saturated rings. The highest BCUT2D eigenvalue weighted by molar-refractivity contribution is 5.91. The molecule has 2 amide bonds. The maximum Gasteiger partial charge on any atom is 0.416 e. The van der Waals surface area contributed by atoms with Gasteiger partial charge in [0.25, 0.3) is 0 Å². The summed E-state index contributed by atoms with van der Waals surface area (Å²) in [4.78, 5) is 12.6. The molecule has 4 rings (SSSR count). The molecule has 11 heteroatoms. The lowest BCUT2D eigenvalue weighted by Crippen LogP contribution is -2.41. The van der Waals surface area contributed by atoms with Crippen molar-refractivity contribution in [2.75, 3.05) is 12.4 Å². The van der Waals surface area contributed by atoms with Crippen molar-refractivity contribution in [1.82, 2.24) is 15.5 Å². The highest BCUT2D eigenvalue weighted by atomic mass is 19.4. The molecule has 3 aromatic rings. The number of amides is 2. The number of hydrogen-bond donors (Lipinski definition) is 3. The van der Waals surface area contributed by atoms with Gasteiger partial charge in [-0.3, -0.25) is 0 Å². The van der Waals surface area contributed by atoms with Crippen molar-refractivity contribution in [1.29, 1.82) is 0 Å². The van der Waals surface area contributed by atoms with E-state index in [1.807, 2.05) is 36.4 Å². The second kappa shape index (κ2) is 11.5. The first-order chi connectivity index (χ1) is 17.8. The number of methoxy groups -OCH3 is 1. The van der Waals surface area contributed by atoms with Gasteiger partial charge in [0.1, 0.15) is 11.9 Å². The quantitative estimate of drug-likeness (QED) is 0.400. The van der Waals surface area contributed by atoms with Crippen LogP contribution in [0.3, 0.4) is 0 Å². The highest BCUT2D eigenvalue weighted by Gasteiger charge is 2.33. The predicted molar refractivity (Wildman–Crippen MR) is 130 cm³/mol. The van der Waals surface area contributed by atoms with Crippen molar-refractivity contribution in [3.8, 4) is 22.9 Å². The van der Waals surface area contributed by atoms with E-state index in [4.69, 9.17) is 9.47 Å². The van der Waals surface area contributed by atoms with Crippen LogP contribution in [0.25, 0.3) is 11.3 Å². The third kappa shape index (κ3) is 6.67. The molecule has 0 aliphatic heterocycles. The van der Waals surface area contributed by atoms with Gasteiger partial charge in [0.2, 0.25) is 5.88 Å². The maximum absolute atomic E-state index is 13.2. The number of urea groups is 1. The smallest absolute Gasteiger partial charge is 0.416 e. The van der Waals surface area contributed by atoms with Crippen LogP contribution < -0.4 is 20.1 Å². The Balaban J connectivity index is 1.30. The predicted octanol–water partition coefficient (Wildman–Crippen LogP) is 5.18. The second-order valence-corrected chi connectivity index (χ2v) is 8.68. The first kappa shape index (κ1) is 26.2. The van der Waals surface area contributed by atoms with Crippen LogP contribution in [0.2, 0.25) is 0 Å². The number of benzene rings is 2. The topological polar surface area (TPSA) is 106 Å². The van der Waals surface area contributed by atoms with Gasteiger partial charge in [0, 0.05) is 23.2 Å². The molecule has 196 valence electrons. The van der Waals surface area contributed by atoms with Gasteiger partial charge in [-0.2, -0.15) is 13.2 Å². The van der Waals surface area contributed by atoms with E-state index in [0.29, 0.717) is 31.6 Å². The van der Waals surface area contributed by atoms with Crippen LogP contribution >= 0.6 is 0 Å². The average molecular weight is 517 g/mol. The van der Waals surface area contributed by atoms with E-state index in [1.165, 1.54) is 7.11 Å². The molecule has 0 atom stereocenters. The van der Waals surface area contributed by atoms with Crippen LogP contribution in [0.15, 0.2) is 54.6 Å². The van der Waals surface area contributed by atoms with Crippen molar-refractivity contribution in [3.05, 3.63) is 65.7 Å². The van der Waals surface area contributed by atoms with Gasteiger partial charge in [-0.25, -0.2) is 4.79 Å². The van der Waals surface area contributed by atoms with Gasteiger partial charge in [-0.1, -0.05) is 30.3 Å². The van der Waals surface area contributed by atoms with Crippen molar-refractivity contribution >= 4 is 11.7 Å². The van der Waals surface area contributed by atoms with Crippen LogP contribution in [-0.4, -0.2) is 40.6 Å². The molecule has 37 heavy (non-hydrogen) atoms. The fraction of sp³-hybridized carbons (Fsp3) is 0.346. The molecule has 1 aliphatic rings. The summed E-state index contributed by atoms with van der Waals surface area (Å²) >= 11 is 0. The van der Waals surface area contributed by atoms with Crippen molar-refractivity contribution < 1.29 is 32.5 Å². The minimum atomic E-state index is -4.65. The first-order valence-electron chi connectivity index (χ1n) is 11.8. The van der Waals surface area contributed by atoms with Gasteiger partial charge in [0.15, 0.2) is 0 Å². The number of nitrogens with one attached hydrogen (secondary N) is 2. The number of carbonyl (C=O) groups excluding carboxylic acids is 1. The van der Waals surface area contributed by atoms with Crippen LogP contribution in [0, 0.1) is 0 Å². The zero-order chi connectivity index (χ0) is 26.4. The molecule has 0 unspecified atom stereocenters. The van der Waals surface area contributed by atoms with Gasteiger partial charge < -0.3 is 25.2 Å². The normalized spacial score (nSPS) is 17.6. The van der Waals surface area contributed by atoms with Gasteiger partial charge in [0.05, 0.1) is 30.7 Å². The molecule has 1 aliphatic carbocycles. The minimum Gasteiger partial charge on any atom is -0.494 e. The summed E-state index contributed by atoms with van der Waals surface area (Å²) in [7, 11) is 1.26. The zero-order valence-electron chi connectivity index (χ0n) is 20.1. The Morgan fingerprint density at radius 2 is 1.78 bits per heavy atom. The summed E-state index contributed by atoms with van der Waals surface area (Å²) < 4.78 is 50.8. The number of aliphatic hydroxyl groups excluding tert-OH is 1. The molecular formula is C26H27F3N4O4. The highest BCUT2D eigenvalue weighted by Crippen LogP contribution is 2.38. The number of rotatable bonds is 7. The Morgan fingerprint density at radius 1 is 1.05 bits per heavy atom. The number of ether oxygens (including phenoxy) is 2. The Kier molecular flexibility index (Phi) is 8.12. The molecule has 0 spiro atoms. The first-order valence-corrected chi connectivity index (χ1v) is 11.8. The van der Waals surface area contributed by atoms with Crippen LogP contribution in [-0.2, 0) is 12.8 Å². The number of alkyl halides is 3. The minimum absolute atomic E-state index is 0.0258. The third-order valence-electron chi connectivity index (χ3n) is 6.12. The summed E-state index contributed by atoms with van der Waals surface area (Å²) in [5.74, 6) is 0.396. The van der Waals surface area contributed by atoms with Crippen LogP contribution in [0.1, 0.15) is 36.8 Å². The van der Waals surface area contributed by atoms with E-state index < -0.39 is 24.4 Å². The summed E-state index contributed by atoms with van der Waals surface area (Å²) in [5.41, 5.74) is 0.459. The number of carbonyl (C=O) groups is 1. The zero-order valence-corrected chi connectivity index (χ0v) is 20.1. The van der Waals surface area contributed by atoms with E-state index in [2.05, 4.69) is 20.8 Å². The number of hydrogen-bond acceptors (Lipinski definition) is 6. The standard InChI is InChI=1S/C26H27F3N4O4/c1-36-24-17(15-34)13-18(26(27,28)29)14-22(24)31-25(35)30-19-7-9-20(10-8-19)37-23-12-11-21(32-33-23)16-5-3-2-4-6-16/h2-6,11-14,19-20,34H,7-10,15H2,1H3,(H2,30,31,35). The second-order valence-electron chi connectivity index (χ2n) is 8.68. The number of aromatic nitrogens is 2. The van der Waals surface area contributed by atoms with E-state index >= 15 is 0 Å². The Labute approximate surface area is 211 Å². The third-order valence-corrected chi connectivity index (χ3v) is 6.12. The monoisotopic (exact) mass is 516 g/mol. The molecule has 8 nitrogen and oxygen atoms in total. The van der Waals surface area contributed by atoms with Crippen LogP contribution in [0.4, 0.5) is 23.7 Å². The fourth-order valence-corrected chi connectivity index (χ4v) is 4.29. The molecule has 1 saturated carbocycles. The molecule has 0 radical (unpaired) electrons. The molecular weight excluding hydrogens is 489 g/mol. The van der Waals surface area contributed by atoms with Crippen molar-refractivity contribution in [3.63, 3.8) is 0 Å². The molecule has 0 bridgehead atoms. The number of halogens is 3. The Morgan fingerprint density at radius 3 is 2.38 bits per heavy atom. The van der Waals surface area contributed by atoms with E-state index in [0.717, 1.165) is 23.4 Å². The maximum atomic E-state index is 13.2. The average Bonchev–Trinajstić information content (AvgIpc) is 2.89. The van der Waals surface area contributed by atoms with Crippen molar-refractivity contribution in [2.24, 2.45) is 0 Å².